The molecule has 17 heavy (non-hydrogen) atoms. The van der Waals surface area contributed by atoms with E-state index in [1.807, 2.05) is 12.1 Å². The third kappa shape index (κ3) is 6.49. The molecular weight excluding hydrogens is 214 g/mol. The molecule has 0 aromatic carbocycles. The predicted octanol–water partition coefficient (Wildman–Crippen LogP) is 3.34. The monoisotopic (exact) mass is 239 g/mol. The van der Waals surface area contributed by atoms with Crippen LogP contribution >= 0.6 is 0 Å². The lowest BCUT2D eigenvalue weighted by Gasteiger charge is -2.05. The van der Waals surface area contributed by atoms with Crippen LogP contribution < -0.4 is 5.32 Å². The minimum Gasteiger partial charge on any atom is -0.462 e. The Morgan fingerprint density at radius 2 is 2.06 bits per heavy atom. The van der Waals surface area contributed by atoms with Crippen molar-refractivity contribution in [2.24, 2.45) is 5.92 Å². The molecule has 1 heterocycles. The van der Waals surface area contributed by atoms with Crippen molar-refractivity contribution in [3.63, 3.8) is 0 Å². The number of unbranched alkanes of at least 4 members (excludes halogenated alkanes) is 1. The topological polar surface area (TPSA) is 34.4 Å². The molecule has 1 aromatic rings. The van der Waals surface area contributed by atoms with E-state index in [1.165, 1.54) is 6.42 Å². The van der Waals surface area contributed by atoms with Gasteiger partial charge in [0.05, 0.1) is 6.54 Å². The van der Waals surface area contributed by atoms with Crippen LogP contribution in [0.25, 0.3) is 0 Å². The summed E-state index contributed by atoms with van der Waals surface area (Å²) in [7, 11) is 0. The Balaban J connectivity index is 2.18. The van der Waals surface area contributed by atoms with Gasteiger partial charge in [-0.3, -0.25) is 0 Å². The molecule has 0 amide bonds. The molecule has 0 saturated carbocycles. The van der Waals surface area contributed by atoms with Gasteiger partial charge in [0.1, 0.15) is 18.1 Å². The van der Waals surface area contributed by atoms with Gasteiger partial charge in [0.15, 0.2) is 0 Å². The van der Waals surface area contributed by atoms with Crippen LogP contribution in [0.5, 0.6) is 0 Å². The molecule has 0 spiro atoms. The fourth-order valence-electron chi connectivity index (χ4n) is 1.50. The van der Waals surface area contributed by atoms with Crippen LogP contribution in [0.1, 0.15) is 45.1 Å². The summed E-state index contributed by atoms with van der Waals surface area (Å²) in [4.78, 5) is 0. The van der Waals surface area contributed by atoms with Gasteiger partial charge in [-0.05, 0) is 31.0 Å². The van der Waals surface area contributed by atoms with E-state index in [1.54, 1.807) is 0 Å². The quantitative estimate of drug-likeness (QED) is 0.671. The normalized spacial score (nSPS) is 11.3. The van der Waals surface area contributed by atoms with Gasteiger partial charge in [-0.15, -0.1) is 0 Å². The number of hydrogen-bond acceptors (Lipinski definition) is 3. The lowest BCUT2D eigenvalue weighted by molar-refractivity contribution is 0.103. The van der Waals surface area contributed by atoms with Crippen LogP contribution in [0.15, 0.2) is 16.5 Å². The molecule has 1 rings (SSSR count). The summed E-state index contributed by atoms with van der Waals surface area (Å²) in [5.41, 5.74) is 0. The van der Waals surface area contributed by atoms with E-state index >= 15 is 0 Å². The van der Waals surface area contributed by atoms with Crippen LogP contribution in [0.2, 0.25) is 0 Å². The molecule has 0 aliphatic carbocycles. The number of ether oxygens (including phenoxy) is 1. The van der Waals surface area contributed by atoms with Crippen LogP contribution in [0.4, 0.5) is 0 Å². The first-order valence-corrected chi connectivity index (χ1v) is 6.58. The summed E-state index contributed by atoms with van der Waals surface area (Å²) < 4.78 is 11.2. The van der Waals surface area contributed by atoms with Gasteiger partial charge in [0.2, 0.25) is 0 Å². The minimum absolute atomic E-state index is 0.587. The van der Waals surface area contributed by atoms with Crippen molar-refractivity contribution in [1.82, 2.24) is 5.32 Å². The third-order valence-corrected chi connectivity index (χ3v) is 2.46. The Morgan fingerprint density at radius 1 is 1.29 bits per heavy atom. The Kier molecular flexibility index (Phi) is 6.97. The Morgan fingerprint density at radius 3 is 2.76 bits per heavy atom. The van der Waals surface area contributed by atoms with Crippen LogP contribution in [-0.4, -0.2) is 13.2 Å². The molecule has 1 aromatic heterocycles. The number of hydrogen-bond donors (Lipinski definition) is 1. The lowest BCUT2D eigenvalue weighted by Crippen LogP contribution is -2.18. The maximum atomic E-state index is 5.66. The average Bonchev–Trinajstić information content (AvgIpc) is 2.72. The number of furan rings is 1. The van der Waals surface area contributed by atoms with Gasteiger partial charge in [-0.2, -0.15) is 0 Å². The van der Waals surface area contributed by atoms with Crippen LogP contribution in [-0.2, 0) is 17.9 Å². The van der Waals surface area contributed by atoms with Crippen molar-refractivity contribution >= 4 is 0 Å². The molecule has 0 aliphatic heterocycles. The van der Waals surface area contributed by atoms with Gasteiger partial charge >= 0.3 is 0 Å². The zero-order valence-corrected chi connectivity index (χ0v) is 11.3. The first-order chi connectivity index (χ1) is 8.22. The molecule has 0 radical (unpaired) electrons. The fraction of sp³-hybridized carbons (Fsp3) is 0.714. The fourth-order valence-corrected chi connectivity index (χ4v) is 1.50. The molecule has 0 bridgehead atoms. The zero-order valence-electron chi connectivity index (χ0n) is 11.3. The average molecular weight is 239 g/mol. The van der Waals surface area contributed by atoms with Crippen LogP contribution in [0.3, 0.4) is 0 Å². The Labute approximate surface area is 105 Å². The van der Waals surface area contributed by atoms with E-state index in [-0.39, 0.29) is 0 Å². The van der Waals surface area contributed by atoms with Crippen molar-refractivity contribution in [1.29, 1.82) is 0 Å². The summed E-state index contributed by atoms with van der Waals surface area (Å²) >= 11 is 0. The smallest absolute Gasteiger partial charge is 0.129 e. The second kappa shape index (κ2) is 8.31. The van der Waals surface area contributed by atoms with E-state index in [0.29, 0.717) is 12.5 Å². The zero-order chi connectivity index (χ0) is 12.5. The van der Waals surface area contributed by atoms with Crippen molar-refractivity contribution in [3.05, 3.63) is 23.7 Å². The summed E-state index contributed by atoms with van der Waals surface area (Å²) in [5, 5.41) is 3.36. The predicted molar refractivity (Wildman–Crippen MR) is 69.8 cm³/mol. The van der Waals surface area contributed by atoms with Crippen molar-refractivity contribution < 1.29 is 9.15 Å². The van der Waals surface area contributed by atoms with Crippen molar-refractivity contribution in [2.45, 2.75) is 46.8 Å². The standard InChI is InChI=1S/C14H25NO2/c1-4-5-8-16-11-14-7-6-13(17-14)10-15-9-12(2)3/h6-7,12,15H,4-5,8-11H2,1-3H3. The molecule has 0 fully saturated rings. The van der Waals surface area contributed by atoms with E-state index in [4.69, 9.17) is 9.15 Å². The molecule has 0 saturated heterocycles. The number of nitrogens with one attached hydrogen (secondary N) is 1. The highest BCUT2D eigenvalue weighted by Gasteiger charge is 2.02. The van der Waals surface area contributed by atoms with Gasteiger partial charge in [-0.25, -0.2) is 0 Å². The molecule has 1 N–H and O–H groups in total. The molecular formula is C14H25NO2. The van der Waals surface area contributed by atoms with Gasteiger partial charge < -0.3 is 14.5 Å². The molecule has 98 valence electrons. The van der Waals surface area contributed by atoms with Gasteiger partial charge in [0.25, 0.3) is 0 Å². The first-order valence-electron chi connectivity index (χ1n) is 6.58. The Hall–Kier alpha value is -0.800. The van der Waals surface area contributed by atoms with E-state index < -0.39 is 0 Å². The second-order valence-corrected chi connectivity index (χ2v) is 4.80. The van der Waals surface area contributed by atoms with Crippen LogP contribution in [0, 0.1) is 5.92 Å². The highest BCUT2D eigenvalue weighted by Crippen LogP contribution is 2.09. The molecule has 0 unspecified atom stereocenters. The maximum Gasteiger partial charge on any atom is 0.129 e. The maximum absolute atomic E-state index is 5.66. The van der Waals surface area contributed by atoms with Gasteiger partial charge in [0, 0.05) is 6.61 Å². The summed E-state index contributed by atoms with van der Waals surface area (Å²) in [5.74, 6) is 2.57. The SMILES string of the molecule is CCCCOCc1ccc(CNCC(C)C)o1. The van der Waals surface area contributed by atoms with E-state index in [9.17, 15) is 0 Å². The molecule has 3 nitrogen and oxygen atoms in total. The summed E-state index contributed by atoms with van der Waals surface area (Å²) in [6.07, 6.45) is 2.28. The highest BCUT2D eigenvalue weighted by molar-refractivity contribution is 5.06. The summed E-state index contributed by atoms with van der Waals surface area (Å²) in [6, 6.07) is 4.02. The number of rotatable bonds is 9. The van der Waals surface area contributed by atoms with E-state index in [0.717, 1.165) is 37.6 Å². The second-order valence-electron chi connectivity index (χ2n) is 4.80. The Bertz CT molecular complexity index is 294. The molecule has 0 atom stereocenters. The third-order valence-electron chi connectivity index (χ3n) is 2.46. The highest BCUT2D eigenvalue weighted by atomic mass is 16.5. The van der Waals surface area contributed by atoms with Crippen molar-refractivity contribution in [3.8, 4) is 0 Å². The minimum atomic E-state index is 0.587. The van der Waals surface area contributed by atoms with E-state index in [2.05, 4.69) is 26.1 Å². The summed E-state index contributed by atoms with van der Waals surface area (Å²) in [6.45, 7) is 9.78. The largest absolute Gasteiger partial charge is 0.462 e. The van der Waals surface area contributed by atoms with Crippen molar-refractivity contribution in [2.75, 3.05) is 13.2 Å². The lowest BCUT2D eigenvalue weighted by atomic mass is 10.2. The first kappa shape index (κ1) is 14.3. The van der Waals surface area contributed by atoms with Gasteiger partial charge in [-0.1, -0.05) is 27.2 Å². The molecule has 3 heteroatoms. The molecule has 0 aliphatic rings.